The highest BCUT2D eigenvalue weighted by atomic mass is 32.1. The number of unbranched alkanes of at least 4 members (excludes halogenated alkanes) is 1. The topological polar surface area (TPSA) is 65.6 Å². The highest BCUT2D eigenvalue weighted by molar-refractivity contribution is 7.03. The van der Waals surface area contributed by atoms with Gasteiger partial charge in [0.05, 0.1) is 6.61 Å². The van der Waals surface area contributed by atoms with E-state index in [2.05, 4.69) is 11.9 Å². The second-order valence-electron chi connectivity index (χ2n) is 3.73. The minimum Gasteiger partial charge on any atom is -0.465 e. The summed E-state index contributed by atoms with van der Waals surface area (Å²) in [4.78, 5) is 28.1. The number of ether oxygens (including phenoxy) is 1. The van der Waals surface area contributed by atoms with Crippen molar-refractivity contribution in [2.75, 3.05) is 13.7 Å². The maximum atomic E-state index is 12.1. The zero-order valence-electron chi connectivity index (χ0n) is 11.0. The van der Waals surface area contributed by atoms with Crippen molar-refractivity contribution < 1.29 is 9.53 Å². The van der Waals surface area contributed by atoms with E-state index >= 15 is 0 Å². The number of rotatable bonds is 6. The lowest BCUT2D eigenvalue weighted by Crippen LogP contribution is -2.33. The van der Waals surface area contributed by atoms with E-state index in [9.17, 15) is 9.59 Å². The van der Waals surface area contributed by atoms with Crippen LogP contribution < -0.4 is 10.5 Å². The van der Waals surface area contributed by atoms with Crippen LogP contribution in [0.15, 0.2) is 9.79 Å². The summed E-state index contributed by atoms with van der Waals surface area (Å²) in [7, 11) is 1.61. The average molecular weight is 273 g/mol. The molecule has 1 rings (SSSR count). The number of nitrogens with zero attached hydrogens (tertiary/aromatic N) is 3. The van der Waals surface area contributed by atoms with Crippen LogP contribution in [0, 0.1) is 0 Å². The van der Waals surface area contributed by atoms with Gasteiger partial charge < -0.3 is 4.74 Å². The van der Waals surface area contributed by atoms with Crippen LogP contribution in [0.5, 0.6) is 0 Å². The van der Waals surface area contributed by atoms with Crippen molar-refractivity contribution in [3.05, 3.63) is 15.3 Å². The maximum Gasteiger partial charge on any atom is 0.340 e. The molecule has 1 heterocycles. The Bertz CT molecular complexity index is 512. The molecule has 0 spiro atoms. The van der Waals surface area contributed by atoms with Crippen LogP contribution in [0.25, 0.3) is 0 Å². The summed E-state index contributed by atoms with van der Waals surface area (Å²) in [5, 5.41) is 0. The molecule has 0 amide bonds. The minimum absolute atomic E-state index is 0.0744. The largest absolute Gasteiger partial charge is 0.465 e. The Hall–Kier alpha value is -1.37. The lowest BCUT2D eigenvalue weighted by molar-refractivity contribution is -0.143. The van der Waals surface area contributed by atoms with Gasteiger partial charge in [-0.2, -0.15) is 0 Å². The molecule has 102 valence electrons. The molecule has 0 aliphatic carbocycles. The molecule has 0 N–H and O–H groups in total. The summed E-state index contributed by atoms with van der Waals surface area (Å²) in [6.07, 6.45) is 1.95. The summed E-state index contributed by atoms with van der Waals surface area (Å²) in [6, 6.07) is 0. The lowest BCUT2D eigenvalue weighted by atomic mass is 10.3. The predicted octanol–water partition coefficient (Wildman–Crippen LogP) is 0.605. The normalized spacial score (nSPS) is 11.8. The van der Waals surface area contributed by atoms with Crippen molar-refractivity contribution in [3.8, 4) is 0 Å². The third kappa shape index (κ3) is 3.56. The van der Waals surface area contributed by atoms with Crippen LogP contribution in [0.4, 0.5) is 0 Å². The number of hydrogen-bond acceptors (Lipinski definition) is 5. The summed E-state index contributed by atoms with van der Waals surface area (Å²) in [5.41, 5.74) is -0.192. The fourth-order valence-electron chi connectivity index (χ4n) is 1.48. The van der Waals surface area contributed by atoms with Crippen molar-refractivity contribution in [1.29, 1.82) is 0 Å². The van der Waals surface area contributed by atoms with Crippen molar-refractivity contribution in [1.82, 2.24) is 8.52 Å². The molecule has 0 unspecified atom stereocenters. The van der Waals surface area contributed by atoms with E-state index in [0.29, 0.717) is 18.0 Å². The Morgan fingerprint density at radius 2 is 2.17 bits per heavy atom. The van der Waals surface area contributed by atoms with E-state index in [1.807, 2.05) is 0 Å². The van der Waals surface area contributed by atoms with Gasteiger partial charge in [0.2, 0.25) is 4.80 Å². The van der Waals surface area contributed by atoms with Gasteiger partial charge in [-0.05, 0) is 24.9 Å². The molecule has 0 radical (unpaired) electrons. The molecule has 1 aromatic rings. The molecule has 7 heteroatoms. The van der Waals surface area contributed by atoms with E-state index < -0.39 is 5.97 Å². The standard InChI is InChI=1S/C11H19N3O3S/c1-4-6-7-14-11(16)13(10(12-3)18-14)8-9(15)17-5-2/h4-8H2,1-3H3. The fourth-order valence-corrected chi connectivity index (χ4v) is 2.40. The summed E-state index contributed by atoms with van der Waals surface area (Å²) >= 11 is 1.28. The number of carbonyl (C=O) groups is 1. The van der Waals surface area contributed by atoms with Crippen molar-refractivity contribution in [3.63, 3.8) is 0 Å². The Morgan fingerprint density at radius 1 is 1.44 bits per heavy atom. The Kier molecular flexibility index (Phi) is 5.84. The van der Waals surface area contributed by atoms with Gasteiger partial charge in [-0.1, -0.05) is 13.3 Å². The Labute approximate surface area is 110 Å². The number of aromatic nitrogens is 2. The molecule has 0 bridgehead atoms. The monoisotopic (exact) mass is 273 g/mol. The van der Waals surface area contributed by atoms with Crippen LogP contribution in [0.2, 0.25) is 0 Å². The van der Waals surface area contributed by atoms with Crippen LogP contribution in [0.3, 0.4) is 0 Å². The van der Waals surface area contributed by atoms with Crippen molar-refractivity contribution in [2.45, 2.75) is 39.8 Å². The third-order valence-corrected chi connectivity index (χ3v) is 3.49. The zero-order chi connectivity index (χ0) is 13.5. The first-order chi connectivity index (χ1) is 8.63. The first kappa shape index (κ1) is 14.7. The SMILES string of the molecule is CCCCn1sc(=NC)n(CC(=O)OCC)c1=O. The van der Waals surface area contributed by atoms with E-state index in [1.165, 1.54) is 16.1 Å². The molecule has 6 nitrogen and oxygen atoms in total. The highest BCUT2D eigenvalue weighted by Crippen LogP contribution is 1.95. The second kappa shape index (κ2) is 7.15. The molecule has 1 aromatic heterocycles. The first-order valence-electron chi connectivity index (χ1n) is 6.03. The number of hydrogen-bond donors (Lipinski definition) is 0. The fraction of sp³-hybridized carbons (Fsp3) is 0.727. The van der Waals surface area contributed by atoms with Gasteiger partial charge in [-0.3, -0.25) is 14.4 Å². The maximum absolute atomic E-state index is 12.1. The van der Waals surface area contributed by atoms with Crippen molar-refractivity contribution in [2.24, 2.45) is 4.99 Å². The number of carbonyl (C=O) groups excluding carboxylic acids is 1. The Balaban J connectivity index is 3.00. The number of aryl methyl sites for hydroxylation is 1. The van der Waals surface area contributed by atoms with Gasteiger partial charge in [-0.15, -0.1) is 0 Å². The molecular weight excluding hydrogens is 254 g/mol. The van der Waals surface area contributed by atoms with Gasteiger partial charge >= 0.3 is 11.7 Å². The second-order valence-corrected chi connectivity index (χ2v) is 4.72. The molecule has 0 aromatic carbocycles. The molecule has 0 atom stereocenters. The molecule has 0 saturated heterocycles. The van der Waals surface area contributed by atoms with Gasteiger partial charge in [-0.25, -0.2) is 8.75 Å². The smallest absolute Gasteiger partial charge is 0.340 e. The molecular formula is C11H19N3O3S. The van der Waals surface area contributed by atoms with E-state index in [-0.39, 0.29) is 12.2 Å². The molecule has 0 aliphatic rings. The van der Waals surface area contributed by atoms with E-state index in [0.717, 1.165) is 12.8 Å². The van der Waals surface area contributed by atoms with Crippen LogP contribution in [-0.4, -0.2) is 28.1 Å². The van der Waals surface area contributed by atoms with E-state index in [4.69, 9.17) is 4.74 Å². The average Bonchev–Trinajstić information content (AvgIpc) is 2.64. The van der Waals surface area contributed by atoms with Gasteiger partial charge in [0, 0.05) is 13.6 Å². The van der Waals surface area contributed by atoms with Crippen molar-refractivity contribution >= 4 is 17.5 Å². The third-order valence-electron chi connectivity index (χ3n) is 2.37. The van der Waals surface area contributed by atoms with Crippen LogP contribution >= 0.6 is 11.5 Å². The summed E-state index contributed by atoms with van der Waals surface area (Å²) < 4.78 is 7.84. The lowest BCUT2D eigenvalue weighted by Gasteiger charge is -2.01. The quantitative estimate of drug-likeness (QED) is 0.713. The minimum atomic E-state index is -0.412. The molecule has 18 heavy (non-hydrogen) atoms. The van der Waals surface area contributed by atoms with Gasteiger partial charge in [0.25, 0.3) is 0 Å². The van der Waals surface area contributed by atoms with Crippen LogP contribution in [-0.2, 0) is 22.6 Å². The number of esters is 1. The summed E-state index contributed by atoms with van der Waals surface area (Å²) in [5.74, 6) is -0.412. The summed E-state index contributed by atoms with van der Waals surface area (Å²) in [6.45, 7) is 4.71. The molecule has 0 aliphatic heterocycles. The highest BCUT2D eigenvalue weighted by Gasteiger charge is 2.12. The predicted molar refractivity (Wildman–Crippen MR) is 69.6 cm³/mol. The van der Waals surface area contributed by atoms with E-state index in [1.54, 1.807) is 17.9 Å². The molecule has 0 fully saturated rings. The Morgan fingerprint density at radius 3 is 2.72 bits per heavy atom. The van der Waals surface area contributed by atoms with Gasteiger partial charge in [0.1, 0.15) is 6.54 Å². The zero-order valence-corrected chi connectivity index (χ0v) is 11.8. The molecule has 0 saturated carbocycles. The van der Waals surface area contributed by atoms with Gasteiger partial charge in [0.15, 0.2) is 0 Å². The van der Waals surface area contributed by atoms with Crippen LogP contribution in [0.1, 0.15) is 26.7 Å². The first-order valence-corrected chi connectivity index (χ1v) is 6.80.